The van der Waals surface area contributed by atoms with Gasteiger partial charge < -0.3 is 10.4 Å². The van der Waals surface area contributed by atoms with Gasteiger partial charge in [0.25, 0.3) is 0 Å². The van der Waals surface area contributed by atoms with E-state index in [0.29, 0.717) is 5.25 Å². The monoisotopic (exact) mass is 244 g/mol. The van der Waals surface area contributed by atoms with Crippen LogP contribution in [-0.2, 0) is 0 Å². The number of unbranched alkanes of at least 4 members (excludes halogenated alkanes) is 1. The molecule has 0 aliphatic heterocycles. The van der Waals surface area contributed by atoms with Crippen LogP contribution in [0.2, 0.25) is 0 Å². The van der Waals surface area contributed by atoms with Crippen molar-refractivity contribution in [1.82, 2.24) is 5.32 Å². The van der Waals surface area contributed by atoms with Crippen molar-refractivity contribution in [3.05, 3.63) is 0 Å². The molecule has 3 nitrogen and oxygen atoms in total. The highest BCUT2D eigenvalue weighted by Crippen LogP contribution is 2.18. The highest BCUT2D eigenvalue weighted by Gasteiger charge is 2.19. The first-order valence-electron chi connectivity index (χ1n) is 5.90. The van der Waals surface area contributed by atoms with Crippen molar-refractivity contribution in [1.29, 1.82) is 5.26 Å². The number of nitriles is 1. The molecular formula is C12H24N2OS. The Morgan fingerprint density at radius 2 is 2.19 bits per heavy atom. The van der Waals surface area contributed by atoms with Crippen LogP contribution in [-0.4, -0.2) is 35.3 Å². The molecule has 0 amide bonds. The van der Waals surface area contributed by atoms with E-state index in [1.807, 2.05) is 25.7 Å². The molecule has 0 aromatic heterocycles. The summed E-state index contributed by atoms with van der Waals surface area (Å²) in [4.78, 5) is 0. The van der Waals surface area contributed by atoms with E-state index in [4.69, 9.17) is 10.4 Å². The number of hydrogen-bond donors (Lipinski definition) is 2. The topological polar surface area (TPSA) is 56.0 Å². The molecule has 0 aromatic carbocycles. The van der Waals surface area contributed by atoms with Gasteiger partial charge in [-0.1, -0.05) is 6.92 Å². The molecule has 2 atom stereocenters. The highest BCUT2D eigenvalue weighted by molar-refractivity contribution is 7.99. The van der Waals surface area contributed by atoms with Crippen LogP contribution < -0.4 is 5.32 Å². The lowest BCUT2D eigenvalue weighted by atomic mass is 9.97. The molecule has 94 valence electrons. The van der Waals surface area contributed by atoms with Gasteiger partial charge in [0.2, 0.25) is 0 Å². The zero-order valence-corrected chi connectivity index (χ0v) is 11.4. The molecule has 0 saturated heterocycles. The molecule has 0 aromatic rings. The minimum absolute atomic E-state index is 0.278. The number of thioether (sulfide) groups is 1. The largest absolute Gasteiger partial charge is 0.396 e. The molecule has 4 heteroatoms. The lowest BCUT2D eigenvalue weighted by Gasteiger charge is -2.20. The summed E-state index contributed by atoms with van der Waals surface area (Å²) in [6.07, 6.45) is 3.98. The zero-order chi connectivity index (χ0) is 12.4. The third-order valence-corrected chi connectivity index (χ3v) is 4.14. The van der Waals surface area contributed by atoms with Gasteiger partial charge in [-0.15, -0.1) is 0 Å². The van der Waals surface area contributed by atoms with Crippen LogP contribution in [0.3, 0.4) is 0 Å². The fraction of sp³-hybridized carbons (Fsp3) is 0.917. The normalized spacial score (nSPS) is 16.4. The van der Waals surface area contributed by atoms with Gasteiger partial charge in [0, 0.05) is 11.9 Å². The second kappa shape index (κ2) is 8.86. The van der Waals surface area contributed by atoms with E-state index in [-0.39, 0.29) is 12.1 Å². The lowest BCUT2D eigenvalue weighted by molar-refractivity contribution is 0.289. The Kier molecular flexibility index (Phi) is 8.73. The lowest BCUT2D eigenvalue weighted by Crippen LogP contribution is -2.37. The van der Waals surface area contributed by atoms with Gasteiger partial charge in [-0.2, -0.15) is 17.0 Å². The van der Waals surface area contributed by atoms with E-state index in [1.54, 1.807) is 0 Å². The van der Waals surface area contributed by atoms with Crippen molar-refractivity contribution in [2.75, 3.05) is 19.4 Å². The molecule has 0 radical (unpaired) electrons. The molecule has 0 aliphatic carbocycles. The molecule has 0 fully saturated rings. The first-order valence-corrected chi connectivity index (χ1v) is 6.95. The van der Waals surface area contributed by atoms with Gasteiger partial charge >= 0.3 is 0 Å². The van der Waals surface area contributed by atoms with Crippen LogP contribution in [0.15, 0.2) is 0 Å². The van der Waals surface area contributed by atoms with Crippen LogP contribution in [0.25, 0.3) is 0 Å². The average molecular weight is 244 g/mol. The van der Waals surface area contributed by atoms with Crippen molar-refractivity contribution >= 4 is 11.8 Å². The maximum absolute atomic E-state index is 8.95. The minimum atomic E-state index is -0.374. The van der Waals surface area contributed by atoms with E-state index in [9.17, 15) is 0 Å². The summed E-state index contributed by atoms with van der Waals surface area (Å²) in [5.41, 5.74) is -0.374. The van der Waals surface area contributed by atoms with E-state index in [0.717, 1.165) is 31.4 Å². The molecule has 0 saturated carbocycles. The van der Waals surface area contributed by atoms with Gasteiger partial charge in [-0.3, -0.25) is 0 Å². The van der Waals surface area contributed by atoms with Crippen LogP contribution in [0.1, 0.15) is 39.5 Å². The molecule has 0 rings (SSSR count). The van der Waals surface area contributed by atoms with Gasteiger partial charge in [0.1, 0.15) is 5.54 Å². The van der Waals surface area contributed by atoms with Crippen molar-refractivity contribution in [2.24, 2.45) is 0 Å². The predicted octanol–water partition coefficient (Wildman–Crippen LogP) is 2.16. The summed E-state index contributed by atoms with van der Waals surface area (Å²) < 4.78 is 0. The Balaban J connectivity index is 3.50. The Bertz CT molecular complexity index is 218. The Labute approximate surface area is 104 Å². The molecule has 0 spiro atoms. The Morgan fingerprint density at radius 1 is 1.50 bits per heavy atom. The van der Waals surface area contributed by atoms with Gasteiger partial charge in [0.15, 0.2) is 0 Å². The second-order valence-electron chi connectivity index (χ2n) is 4.34. The third kappa shape index (κ3) is 7.10. The molecule has 2 N–H and O–H groups in total. The number of hydrogen-bond acceptors (Lipinski definition) is 4. The predicted molar refractivity (Wildman–Crippen MR) is 70.6 cm³/mol. The fourth-order valence-electron chi connectivity index (χ4n) is 1.37. The number of rotatable bonds is 9. The van der Waals surface area contributed by atoms with Crippen molar-refractivity contribution in [3.8, 4) is 6.07 Å². The van der Waals surface area contributed by atoms with E-state index >= 15 is 0 Å². The van der Waals surface area contributed by atoms with E-state index in [1.165, 1.54) is 0 Å². The number of nitrogens with zero attached hydrogens (tertiary/aromatic N) is 1. The quantitative estimate of drug-likeness (QED) is 0.610. The zero-order valence-electron chi connectivity index (χ0n) is 10.6. The minimum Gasteiger partial charge on any atom is -0.396 e. The first kappa shape index (κ1) is 15.8. The second-order valence-corrected chi connectivity index (χ2v) is 5.89. The molecule has 0 heterocycles. The number of aliphatic hydroxyl groups is 1. The maximum Gasteiger partial charge on any atom is 0.103 e. The van der Waals surface area contributed by atoms with Crippen LogP contribution >= 0.6 is 11.8 Å². The highest BCUT2D eigenvalue weighted by atomic mass is 32.2. The Morgan fingerprint density at radius 3 is 2.69 bits per heavy atom. The fourth-order valence-corrected chi connectivity index (χ4v) is 2.41. The van der Waals surface area contributed by atoms with Gasteiger partial charge in [0.05, 0.1) is 6.07 Å². The maximum atomic E-state index is 8.95. The van der Waals surface area contributed by atoms with Crippen molar-refractivity contribution < 1.29 is 5.11 Å². The SMILES string of the molecule is CNC(C)(C#N)CCCCSC(C)CCO. The standard InChI is InChI=1S/C12H24N2OS/c1-11(6-8-15)16-9-5-4-7-12(2,10-13)14-3/h11,14-15H,4-9H2,1-3H3. The third-order valence-electron chi connectivity index (χ3n) is 2.81. The number of nitrogens with one attached hydrogen (secondary N) is 1. The van der Waals surface area contributed by atoms with Crippen molar-refractivity contribution in [2.45, 2.75) is 50.3 Å². The summed E-state index contributed by atoms with van der Waals surface area (Å²) in [5.74, 6) is 1.12. The van der Waals surface area contributed by atoms with Crippen LogP contribution in [0.5, 0.6) is 0 Å². The van der Waals surface area contributed by atoms with Crippen LogP contribution in [0.4, 0.5) is 0 Å². The number of aliphatic hydroxyl groups excluding tert-OH is 1. The average Bonchev–Trinajstić information content (AvgIpc) is 2.28. The van der Waals surface area contributed by atoms with Crippen molar-refractivity contribution in [3.63, 3.8) is 0 Å². The van der Waals surface area contributed by atoms with Gasteiger partial charge in [-0.05, 0) is 45.4 Å². The molecule has 2 unspecified atom stereocenters. The summed E-state index contributed by atoms with van der Waals surface area (Å²) in [6.45, 7) is 4.36. The summed E-state index contributed by atoms with van der Waals surface area (Å²) in [7, 11) is 1.83. The Hall–Kier alpha value is -0.240. The molecule has 0 aliphatic rings. The first-order chi connectivity index (χ1) is 7.58. The van der Waals surface area contributed by atoms with E-state index in [2.05, 4.69) is 18.3 Å². The smallest absolute Gasteiger partial charge is 0.103 e. The molecular weight excluding hydrogens is 220 g/mol. The molecule has 16 heavy (non-hydrogen) atoms. The van der Waals surface area contributed by atoms with E-state index < -0.39 is 0 Å². The molecule has 0 bridgehead atoms. The van der Waals surface area contributed by atoms with Gasteiger partial charge in [-0.25, -0.2) is 0 Å². The summed E-state index contributed by atoms with van der Waals surface area (Å²) in [5, 5.41) is 21.3. The van der Waals surface area contributed by atoms with Crippen LogP contribution in [0, 0.1) is 11.3 Å². The summed E-state index contributed by atoms with van der Waals surface area (Å²) >= 11 is 1.90. The summed E-state index contributed by atoms with van der Waals surface area (Å²) in [6, 6.07) is 2.30.